The van der Waals surface area contributed by atoms with Crippen molar-refractivity contribution in [2.45, 2.75) is 26.3 Å². The van der Waals surface area contributed by atoms with Crippen LogP contribution in [0.2, 0.25) is 5.02 Å². The lowest BCUT2D eigenvalue weighted by Crippen LogP contribution is -2.40. The van der Waals surface area contributed by atoms with Crippen molar-refractivity contribution in [1.82, 2.24) is 0 Å². The lowest BCUT2D eigenvalue weighted by atomic mass is 9.99. The summed E-state index contributed by atoms with van der Waals surface area (Å²) < 4.78 is 5.91. The van der Waals surface area contributed by atoms with Gasteiger partial charge in [-0.3, -0.25) is 4.79 Å². The zero-order valence-electron chi connectivity index (χ0n) is 11.2. The molecule has 6 heteroatoms. The summed E-state index contributed by atoms with van der Waals surface area (Å²) in [5, 5.41) is 3.25. The SMILES string of the molecule is CCC(C)[C@H](N)C(=O)Nc1cc(Cl)cc(Br)c1OC. The van der Waals surface area contributed by atoms with Gasteiger partial charge in [-0.25, -0.2) is 0 Å². The van der Waals surface area contributed by atoms with Gasteiger partial charge in [0, 0.05) is 5.02 Å². The summed E-state index contributed by atoms with van der Waals surface area (Å²) in [6.45, 7) is 3.93. The molecule has 0 aromatic heterocycles. The van der Waals surface area contributed by atoms with Crippen molar-refractivity contribution < 1.29 is 9.53 Å². The molecule has 0 saturated carbocycles. The molecule has 1 amide bonds. The van der Waals surface area contributed by atoms with Gasteiger partial charge < -0.3 is 15.8 Å². The number of carbonyl (C=O) groups is 1. The molecule has 19 heavy (non-hydrogen) atoms. The fraction of sp³-hybridized carbons (Fsp3) is 0.462. The van der Waals surface area contributed by atoms with Crippen LogP contribution in [0.15, 0.2) is 16.6 Å². The van der Waals surface area contributed by atoms with Gasteiger partial charge in [-0.1, -0.05) is 31.9 Å². The molecule has 106 valence electrons. The highest BCUT2D eigenvalue weighted by molar-refractivity contribution is 9.10. The number of carbonyl (C=O) groups excluding carboxylic acids is 1. The first-order chi connectivity index (χ1) is 8.90. The molecule has 0 spiro atoms. The van der Waals surface area contributed by atoms with Crippen molar-refractivity contribution in [3.05, 3.63) is 21.6 Å². The van der Waals surface area contributed by atoms with Crippen LogP contribution in [-0.2, 0) is 4.79 Å². The van der Waals surface area contributed by atoms with Crippen molar-refractivity contribution in [1.29, 1.82) is 0 Å². The zero-order chi connectivity index (χ0) is 14.6. The minimum Gasteiger partial charge on any atom is -0.493 e. The van der Waals surface area contributed by atoms with Gasteiger partial charge in [0.2, 0.25) is 5.91 Å². The van der Waals surface area contributed by atoms with Crippen LogP contribution < -0.4 is 15.8 Å². The van der Waals surface area contributed by atoms with Gasteiger partial charge in [0.25, 0.3) is 0 Å². The summed E-state index contributed by atoms with van der Waals surface area (Å²) in [4.78, 5) is 12.1. The second-order valence-corrected chi connectivity index (χ2v) is 5.66. The summed E-state index contributed by atoms with van der Waals surface area (Å²) >= 11 is 9.30. The van der Waals surface area contributed by atoms with Gasteiger partial charge in [-0.05, 0) is 34.0 Å². The Balaban J connectivity index is 2.96. The second-order valence-electron chi connectivity index (χ2n) is 4.37. The predicted octanol–water partition coefficient (Wildman–Crippen LogP) is 3.42. The molecule has 1 aromatic carbocycles. The summed E-state index contributed by atoms with van der Waals surface area (Å²) in [5.74, 6) is 0.379. The molecular weight excluding hydrogens is 332 g/mol. The highest BCUT2D eigenvalue weighted by Crippen LogP contribution is 2.36. The number of halogens is 2. The number of ether oxygens (including phenoxy) is 1. The molecule has 1 unspecified atom stereocenters. The number of benzene rings is 1. The maximum atomic E-state index is 12.1. The van der Waals surface area contributed by atoms with Gasteiger partial charge >= 0.3 is 0 Å². The van der Waals surface area contributed by atoms with Crippen molar-refractivity contribution in [2.75, 3.05) is 12.4 Å². The first-order valence-electron chi connectivity index (χ1n) is 6.00. The second kappa shape index (κ2) is 7.12. The van der Waals surface area contributed by atoms with E-state index in [9.17, 15) is 4.79 Å². The van der Waals surface area contributed by atoms with Gasteiger partial charge in [-0.2, -0.15) is 0 Å². The average molecular weight is 350 g/mol. The van der Waals surface area contributed by atoms with E-state index < -0.39 is 6.04 Å². The van der Waals surface area contributed by atoms with Gasteiger partial charge in [0.05, 0.1) is 23.3 Å². The van der Waals surface area contributed by atoms with E-state index in [4.69, 9.17) is 22.1 Å². The average Bonchev–Trinajstić information content (AvgIpc) is 2.36. The van der Waals surface area contributed by atoms with Crippen LogP contribution >= 0.6 is 27.5 Å². The number of methoxy groups -OCH3 is 1. The van der Waals surface area contributed by atoms with Crippen LogP contribution in [0.4, 0.5) is 5.69 Å². The van der Waals surface area contributed by atoms with Gasteiger partial charge in [-0.15, -0.1) is 0 Å². The summed E-state index contributed by atoms with van der Waals surface area (Å²) in [6.07, 6.45) is 0.838. The molecule has 0 heterocycles. The fourth-order valence-electron chi connectivity index (χ4n) is 1.59. The first kappa shape index (κ1) is 16.3. The Bertz CT molecular complexity index is 468. The van der Waals surface area contributed by atoms with E-state index in [0.717, 1.165) is 6.42 Å². The molecule has 1 rings (SSSR count). The molecule has 0 bridgehead atoms. The summed E-state index contributed by atoms with van der Waals surface area (Å²) in [5.41, 5.74) is 6.39. The fourth-order valence-corrected chi connectivity index (χ4v) is 2.56. The molecule has 0 aliphatic heterocycles. The molecule has 0 radical (unpaired) electrons. The Labute approximate surface area is 126 Å². The van der Waals surface area contributed by atoms with Crippen molar-refractivity contribution in [3.63, 3.8) is 0 Å². The van der Waals surface area contributed by atoms with Crippen LogP contribution in [0.5, 0.6) is 5.75 Å². The Morgan fingerprint density at radius 1 is 1.58 bits per heavy atom. The first-order valence-corrected chi connectivity index (χ1v) is 7.17. The molecule has 0 fully saturated rings. The third-order valence-electron chi connectivity index (χ3n) is 3.03. The van der Waals surface area contributed by atoms with Crippen LogP contribution in [0, 0.1) is 5.92 Å². The van der Waals surface area contributed by atoms with Crippen LogP contribution in [0.3, 0.4) is 0 Å². The third kappa shape index (κ3) is 4.09. The van der Waals surface area contributed by atoms with E-state index in [1.165, 1.54) is 7.11 Å². The normalized spacial score (nSPS) is 13.8. The number of rotatable bonds is 5. The Kier molecular flexibility index (Phi) is 6.10. The number of nitrogens with two attached hydrogens (primary N) is 1. The number of anilines is 1. The lowest BCUT2D eigenvalue weighted by Gasteiger charge is -2.19. The number of nitrogens with one attached hydrogen (secondary N) is 1. The molecule has 0 saturated heterocycles. The van der Waals surface area contributed by atoms with E-state index in [1.807, 2.05) is 13.8 Å². The maximum Gasteiger partial charge on any atom is 0.241 e. The molecule has 1 aromatic rings. The smallest absolute Gasteiger partial charge is 0.241 e. The van der Waals surface area contributed by atoms with Gasteiger partial charge in [0.15, 0.2) is 5.75 Å². The van der Waals surface area contributed by atoms with E-state index in [-0.39, 0.29) is 11.8 Å². The Morgan fingerprint density at radius 3 is 2.74 bits per heavy atom. The van der Waals surface area contributed by atoms with Crippen LogP contribution in [0.25, 0.3) is 0 Å². The monoisotopic (exact) mass is 348 g/mol. The molecule has 0 aliphatic carbocycles. The minimum absolute atomic E-state index is 0.105. The van der Waals surface area contributed by atoms with E-state index >= 15 is 0 Å². The molecule has 3 N–H and O–H groups in total. The van der Waals surface area contributed by atoms with Crippen LogP contribution in [0.1, 0.15) is 20.3 Å². The predicted molar refractivity (Wildman–Crippen MR) is 81.8 cm³/mol. The minimum atomic E-state index is -0.563. The highest BCUT2D eigenvalue weighted by Gasteiger charge is 2.21. The molecular formula is C13H18BrClN2O2. The zero-order valence-corrected chi connectivity index (χ0v) is 13.5. The largest absolute Gasteiger partial charge is 0.493 e. The number of hydrogen-bond donors (Lipinski definition) is 2. The van der Waals surface area contributed by atoms with Crippen molar-refractivity contribution >= 4 is 39.1 Å². The Morgan fingerprint density at radius 2 is 2.21 bits per heavy atom. The molecule has 0 aliphatic rings. The maximum absolute atomic E-state index is 12.1. The van der Waals surface area contributed by atoms with Crippen molar-refractivity contribution in [3.8, 4) is 5.75 Å². The van der Waals surface area contributed by atoms with Crippen LogP contribution in [-0.4, -0.2) is 19.1 Å². The summed E-state index contributed by atoms with van der Waals surface area (Å²) in [7, 11) is 1.53. The summed E-state index contributed by atoms with van der Waals surface area (Å²) in [6, 6.07) is 2.77. The standard InChI is InChI=1S/C13H18BrClN2O2/c1-4-7(2)11(16)13(18)17-10-6-8(15)5-9(14)12(10)19-3/h5-7,11H,4,16H2,1-3H3,(H,17,18)/t7?,11-/m0/s1. The highest BCUT2D eigenvalue weighted by atomic mass is 79.9. The number of amides is 1. The topological polar surface area (TPSA) is 64.4 Å². The lowest BCUT2D eigenvalue weighted by molar-refractivity contribution is -0.118. The van der Waals surface area contributed by atoms with E-state index in [1.54, 1.807) is 12.1 Å². The third-order valence-corrected chi connectivity index (χ3v) is 3.84. The Hall–Kier alpha value is -0.780. The van der Waals surface area contributed by atoms with Gasteiger partial charge in [0.1, 0.15) is 0 Å². The number of hydrogen-bond acceptors (Lipinski definition) is 3. The van der Waals surface area contributed by atoms with E-state index in [0.29, 0.717) is 20.9 Å². The quantitative estimate of drug-likeness (QED) is 0.856. The van der Waals surface area contributed by atoms with Crippen molar-refractivity contribution in [2.24, 2.45) is 11.7 Å². The van der Waals surface area contributed by atoms with E-state index in [2.05, 4.69) is 21.2 Å². The molecule has 2 atom stereocenters. The molecule has 4 nitrogen and oxygen atoms in total.